The van der Waals surface area contributed by atoms with E-state index < -0.39 is 0 Å². The van der Waals surface area contributed by atoms with E-state index in [1.54, 1.807) is 4.68 Å². The smallest absolute Gasteiger partial charge is 0.0967 e. The molecule has 2 aliphatic rings. The Morgan fingerprint density at radius 1 is 1.40 bits per heavy atom. The Hall–Kier alpha value is -0.940. The van der Waals surface area contributed by atoms with Crippen LogP contribution in [0.25, 0.3) is 0 Å². The summed E-state index contributed by atoms with van der Waals surface area (Å²) in [6.07, 6.45) is 7.45. The molecule has 1 aromatic heterocycles. The zero-order chi connectivity index (χ0) is 14.2. The van der Waals surface area contributed by atoms with Crippen LogP contribution >= 0.6 is 0 Å². The minimum absolute atomic E-state index is 0.369. The Morgan fingerprint density at radius 3 is 2.75 bits per heavy atom. The summed E-state index contributed by atoms with van der Waals surface area (Å²) in [7, 11) is 1.94. The average molecular weight is 277 g/mol. The molecule has 112 valence electrons. The molecule has 1 N–H and O–H groups in total. The van der Waals surface area contributed by atoms with Gasteiger partial charge in [0, 0.05) is 44.5 Å². The number of piperazine rings is 1. The highest BCUT2D eigenvalue weighted by Gasteiger charge is 2.41. The molecule has 1 atom stereocenters. The second kappa shape index (κ2) is 5.45. The molecule has 1 aliphatic carbocycles. The van der Waals surface area contributed by atoms with Gasteiger partial charge in [0.1, 0.15) is 0 Å². The van der Waals surface area contributed by atoms with Crippen LogP contribution in [0.4, 0.5) is 0 Å². The molecule has 2 fully saturated rings. The first-order valence-corrected chi connectivity index (χ1v) is 7.92. The summed E-state index contributed by atoms with van der Waals surface area (Å²) in [5, 5.41) is 12.2. The maximum atomic E-state index is 4.27. The van der Waals surface area contributed by atoms with E-state index in [2.05, 4.69) is 34.4 Å². The van der Waals surface area contributed by atoms with Gasteiger partial charge < -0.3 is 5.32 Å². The molecule has 5 nitrogen and oxygen atoms in total. The highest BCUT2D eigenvalue weighted by molar-refractivity contribution is 5.03. The third kappa shape index (κ3) is 2.74. The molecule has 3 rings (SSSR count). The predicted octanol–water partition coefficient (Wildman–Crippen LogP) is 1.56. The molecule has 1 unspecified atom stereocenters. The van der Waals surface area contributed by atoms with Crippen LogP contribution in [-0.2, 0) is 13.6 Å². The number of hydrogen-bond donors (Lipinski definition) is 1. The third-order valence-corrected chi connectivity index (χ3v) is 5.01. The number of hydrogen-bond acceptors (Lipinski definition) is 4. The van der Waals surface area contributed by atoms with Crippen LogP contribution in [0.15, 0.2) is 6.20 Å². The fourth-order valence-electron chi connectivity index (χ4n) is 3.91. The van der Waals surface area contributed by atoms with Crippen molar-refractivity contribution in [2.45, 2.75) is 57.7 Å². The van der Waals surface area contributed by atoms with Gasteiger partial charge in [0.2, 0.25) is 0 Å². The Balaban J connectivity index is 1.75. The van der Waals surface area contributed by atoms with Crippen LogP contribution in [0.3, 0.4) is 0 Å². The Labute approximate surface area is 121 Å². The Morgan fingerprint density at radius 2 is 2.15 bits per heavy atom. The largest absolute Gasteiger partial charge is 0.308 e. The van der Waals surface area contributed by atoms with E-state index in [1.165, 1.54) is 25.7 Å². The first-order valence-electron chi connectivity index (χ1n) is 7.92. The van der Waals surface area contributed by atoms with Gasteiger partial charge in [0.25, 0.3) is 0 Å². The van der Waals surface area contributed by atoms with Crippen molar-refractivity contribution in [1.29, 1.82) is 0 Å². The lowest BCUT2D eigenvalue weighted by atomic mass is 9.89. The molecule has 0 bridgehead atoms. The van der Waals surface area contributed by atoms with Crippen LogP contribution in [0.1, 0.15) is 45.2 Å². The minimum atomic E-state index is 0.369. The monoisotopic (exact) mass is 277 g/mol. The molecule has 20 heavy (non-hydrogen) atoms. The highest BCUT2D eigenvalue weighted by atomic mass is 15.4. The number of nitrogens with one attached hydrogen (secondary N) is 1. The lowest BCUT2D eigenvalue weighted by molar-refractivity contribution is 0.0497. The summed E-state index contributed by atoms with van der Waals surface area (Å²) in [6, 6.07) is 0.600. The van der Waals surface area contributed by atoms with Crippen LogP contribution in [-0.4, -0.2) is 44.6 Å². The number of aryl methyl sites for hydroxylation is 1. The molecule has 1 aromatic rings. The first kappa shape index (κ1) is 14.0. The van der Waals surface area contributed by atoms with E-state index in [-0.39, 0.29) is 0 Å². The van der Waals surface area contributed by atoms with Crippen molar-refractivity contribution in [3.8, 4) is 0 Å². The summed E-state index contributed by atoms with van der Waals surface area (Å²) < 4.78 is 1.80. The zero-order valence-electron chi connectivity index (χ0n) is 13.0. The van der Waals surface area contributed by atoms with Crippen LogP contribution < -0.4 is 5.32 Å². The summed E-state index contributed by atoms with van der Waals surface area (Å²) in [5.41, 5.74) is 1.46. The second-order valence-electron chi connectivity index (χ2n) is 6.97. The van der Waals surface area contributed by atoms with E-state index >= 15 is 0 Å². The van der Waals surface area contributed by atoms with E-state index in [4.69, 9.17) is 0 Å². The predicted molar refractivity (Wildman–Crippen MR) is 79.2 cm³/mol. The third-order valence-electron chi connectivity index (χ3n) is 5.01. The van der Waals surface area contributed by atoms with Crippen molar-refractivity contribution in [3.05, 3.63) is 11.9 Å². The number of rotatable bonds is 3. The molecule has 1 saturated heterocycles. The Bertz CT molecular complexity index is 447. The normalized spacial score (nSPS) is 26.7. The van der Waals surface area contributed by atoms with Crippen molar-refractivity contribution in [2.75, 3.05) is 13.1 Å². The second-order valence-corrected chi connectivity index (χ2v) is 6.97. The van der Waals surface area contributed by atoms with Gasteiger partial charge in [-0.3, -0.25) is 9.58 Å². The molecule has 0 radical (unpaired) electrons. The van der Waals surface area contributed by atoms with Gasteiger partial charge in [-0.15, -0.1) is 5.10 Å². The molecule has 2 heterocycles. The van der Waals surface area contributed by atoms with Gasteiger partial charge in [-0.1, -0.05) is 31.9 Å². The maximum absolute atomic E-state index is 4.27. The van der Waals surface area contributed by atoms with Crippen molar-refractivity contribution in [3.63, 3.8) is 0 Å². The van der Waals surface area contributed by atoms with Gasteiger partial charge in [0.15, 0.2) is 0 Å². The van der Waals surface area contributed by atoms with E-state index in [9.17, 15) is 0 Å². The molecule has 0 aromatic carbocycles. The number of aromatic nitrogens is 3. The molecule has 1 saturated carbocycles. The molecule has 1 aliphatic heterocycles. The average Bonchev–Trinajstić information content (AvgIpc) is 2.99. The first-order chi connectivity index (χ1) is 9.58. The molecule has 1 spiro atoms. The zero-order valence-corrected chi connectivity index (χ0v) is 13.0. The van der Waals surface area contributed by atoms with Crippen molar-refractivity contribution in [1.82, 2.24) is 25.2 Å². The van der Waals surface area contributed by atoms with Gasteiger partial charge in [-0.2, -0.15) is 0 Å². The minimum Gasteiger partial charge on any atom is -0.308 e. The lowest BCUT2D eigenvalue weighted by Gasteiger charge is -2.47. The van der Waals surface area contributed by atoms with E-state index in [0.29, 0.717) is 17.5 Å². The van der Waals surface area contributed by atoms with E-state index in [0.717, 1.165) is 25.3 Å². The summed E-state index contributed by atoms with van der Waals surface area (Å²) in [6.45, 7) is 7.84. The number of nitrogens with zero attached hydrogens (tertiary/aromatic N) is 4. The summed E-state index contributed by atoms with van der Waals surface area (Å²) in [5.74, 6) is 0.665. The van der Waals surface area contributed by atoms with E-state index in [1.807, 2.05) is 13.2 Å². The fourth-order valence-corrected chi connectivity index (χ4v) is 3.91. The standard InChI is InChI=1S/C15H27N5/c1-12(2)14-8-16-15(6-4-5-7-15)11-20(14)10-13-9-19(3)18-17-13/h9,12,14,16H,4-8,10-11H2,1-3H3. The molecule has 0 amide bonds. The topological polar surface area (TPSA) is 46.0 Å². The Kier molecular flexibility index (Phi) is 3.82. The fraction of sp³-hybridized carbons (Fsp3) is 0.867. The van der Waals surface area contributed by atoms with Crippen LogP contribution in [0.5, 0.6) is 0 Å². The van der Waals surface area contributed by atoms with Gasteiger partial charge >= 0.3 is 0 Å². The molecular weight excluding hydrogens is 250 g/mol. The van der Waals surface area contributed by atoms with Crippen molar-refractivity contribution in [2.24, 2.45) is 13.0 Å². The molecule has 5 heteroatoms. The molecular formula is C15H27N5. The van der Waals surface area contributed by atoms with Crippen LogP contribution in [0.2, 0.25) is 0 Å². The van der Waals surface area contributed by atoms with Crippen LogP contribution in [0, 0.1) is 5.92 Å². The van der Waals surface area contributed by atoms with Gasteiger partial charge in [-0.25, -0.2) is 0 Å². The highest BCUT2D eigenvalue weighted by Crippen LogP contribution is 2.34. The van der Waals surface area contributed by atoms with Crippen molar-refractivity contribution >= 4 is 0 Å². The summed E-state index contributed by atoms with van der Waals surface area (Å²) in [4.78, 5) is 2.64. The lowest BCUT2D eigenvalue weighted by Crippen LogP contribution is -2.64. The van der Waals surface area contributed by atoms with Gasteiger partial charge in [0.05, 0.1) is 5.69 Å². The summed E-state index contributed by atoms with van der Waals surface area (Å²) >= 11 is 0. The van der Waals surface area contributed by atoms with Gasteiger partial charge in [-0.05, 0) is 18.8 Å². The maximum Gasteiger partial charge on any atom is 0.0967 e. The SMILES string of the molecule is CC(C)C1CNC2(CCCC2)CN1Cc1cn(C)nn1. The quantitative estimate of drug-likeness (QED) is 0.911. The van der Waals surface area contributed by atoms with Crippen molar-refractivity contribution < 1.29 is 0 Å².